The fraction of sp³-hybridized carbons (Fsp3) is 0.538. The van der Waals surface area contributed by atoms with Crippen LogP contribution in [0.2, 0.25) is 0 Å². The van der Waals surface area contributed by atoms with Crippen molar-refractivity contribution in [2.24, 2.45) is 0 Å². The lowest BCUT2D eigenvalue weighted by atomic mass is 10.1. The van der Waals surface area contributed by atoms with E-state index in [0.717, 1.165) is 12.4 Å². The first kappa shape index (κ1) is 15.6. The number of hydrogen-bond acceptors (Lipinski definition) is 4. The molecular weight excluding hydrogens is 285 g/mol. The quantitative estimate of drug-likeness (QED) is 0.943. The van der Waals surface area contributed by atoms with Gasteiger partial charge in [-0.15, -0.1) is 0 Å². The summed E-state index contributed by atoms with van der Waals surface area (Å²) in [5, 5.41) is 10.8. The van der Waals surface area contributed by atoms with Gasteiger partial charge in [-0.25, -0.2) is 0 Å². The molecule has 0 aliphatic heterocycles. The van der Waals surface area contributed by atoms with Crippen LogP contribution in [0.4, 0.5) is 13.2 Å². The zero-order valence-electron chi connectivity index (χ0n) is 12.0. The maximum Gasteiger partial charge on any atom is 0.419 e. The highest BCUT2D eigenvalue weighted by atomic mass is 19.4. The molecule has 21 heavy (non-hydrogen) atoms. The molecule has 2 aromatic heterocycles. The Morgan fingerprint density at radius 3 is 2.57 bits per heavy atom. The van der Waals surface area contributed by atoms with E-state index < -0.39 is 11.7 Å². The first-order chi connectivity index (χ1) is 9.63. The lowest BCUT2D eigenvalue weighted by molar-refractivity contribution is -0.137. The van der Waals surface area contributed by atoms with E-state index in [2.05, 4.69) is 15.6 Å². The summed E-state index contributed by atoms with van der Waals surface area (Å²) in [5.74, 6) is 0.456. The summed E-state index contributed by atoms with van der Waals surface area (Å²) in [6, 6.07) is 1.70. The van der Waals surface area contributed by atoms with Crippen LogP contribution < -0.4 is 5.32 Å². The molecule has 0 aliphatic carbocycles. The summed E-state index contributed by atoms with van der Waals surface area (Å²) in [5.41, 5.74) is -0.136. The normalized spacial score (nSPS) is 12.9. The Hall–Kier alpha value is -1.83. The molecule has 0 amide bonds. The van der Waals surface area contributed by atoms with Crippen LogP contribution >= 0.6 is 0 Å². The van der Waals surface area contributed by atoms with E-state index in [4.69, 9.17) is 4.52 Å². The van der Waals surface area contributed by atoms with Crippen molar-refractivity contribution in [3.05, 3.63) is 35.5 Å². The minimum atomic E-state index is -4.39. The molecule has 0 bridgehead atoms. The molecule has 0 fully saturated rings. The summed E-state index contributed by atoms with van der Waals surface area (Å²) in [6.07, 6.45) is -2.66. The highest BCUT2D eigenvalue weighted by molar-refractivity contribution is 5.10. The van der Waals surface area contributed by atoms with Crippen molar-refractivity contribution in [3.63, 3.8) is 0 Å². The van der Waals surface area contributed by atoms with Gasteiger partial charge in [0.25, 0.3) is 0 Å². The Labute approximate surface area is 120 Å². The van der Waals surface area contributed by atoms with Gasteiger partial charge in [0, 0.05) is 24.3 Å². The van der Waals surface area contributed by atoms with Gasteiger partial charge in [0.05, 0.1) is 17.5 Å². The molecule has 0 saturated carbocycles. The van der Waals surface area contributed by atoms with Crippen LogP contribution in [-0.4, -0.2) is 20.5 Å². The number of aromatic nitrogens is 3. The molecule has 0 saturated heterocycles. The van der Waals surface area contributed by atoms with E-state index in [1.54, 1.807) is 6.07 Å². The molecule has 5 nitrogen and oxygen atoms in total. The summed E-state index contributed by atoms with van der Waals surface area (Å²) in [4.78, 5) is 0. The summed E-state index contributed by atoms with van der Waals surface area (Å²) >= 11 is 0. The fourth-order valence-corrected chi connectivity index (χ4v) is 1.63. The minimum Gasteiger partial charge on any atom is -0.359 e. The maximum absolute atomic E-state index is 12.5. The topological polar surface area (TPSA) is 55.9 Å². The molecule has 0 aromatic carbocycles. The molecule has 2 rings (SSSR count). The van der Waals surface area contributed by atoms with Gasteiger partial charge in [0.1, 0.15) is 6.54 Å². The number of nitrogens with zero attached hydrogens (tertiary/aromatic N) is 3. The van der Waals surface area contributed by atoms with Crippen LogP contribution in [0.1, 0.15) is 37.8 Å². The van der Waals surface area contributed by atoms with E-state index in [0.29, 0.717) is 18.0 Å². The second-order valence-corrected chi connectivity index (χ2v) is 5.81. The number of rotatable bonds is 4. The van der Waals surface area contributed by atoms with Crippen molar-refractivity contribution in [3.8, 4) is 0 Å². The first-order valence-corrected chi connectivity index (χ1v) is 6.43. The number of alkyl halides is 3. The third kappa shape index (κ3) is 4.59. The molecule has 2 aromatic rings. The summed E-state index contributed by atoms with van der Waals surface area (Å²) in [6.45, 7) is 6.71. The molecule has 116 valence electrons. The monoisotopic (exact) mass is 302 g/mol. The van der Waals surface area contributed by atoms with Crippen LogP contribution in [0.3, 0.4) is 0 Å². The molecule has 0 aliphatic rings. The Morgan fingerprint density at radius 2 is 2.00 bits per heavy atom. The van der Waals surface area contributed by atoms with Crippen LogP contribution in [0, 0.1) is 0 Å². The molecule has 2 heterocycles. The molecule has 0 spiro atoms. The number of hydrogen-bond donors (Lipinski definition) is 1. The largest absolute Gasteiger partial charge is 0.419 e. The molecular formula is C13H17F3N4O. The highest BCUT2D eigenvalue weighted by Gasteiger charge is 2.32. The highest BCUT2D eigenvalue weighted by Crippen LogP contribution is 2.28. The summed E-state index contributed by atoms with van der Waals surface area (Å²) < 4.78 is 43.6. The molecule has 8 heteroatoms. The molecule has 0 atom stereocenters. The fourth-order valence-electron chi connectivity index (χ4n) is 1.63. The first-order valence-electron chi connectivity index (χ1n) is 6.43. The third-order valence-corrected chi connectivity index (χ3v) is 2.69. The Kier molecular flexibility index (Phi) is 4.08. The standard InChI is InChI=1S/C13H17F3N4O/c1-12(2,3)17-6-10-4-11(21-19-10)8-20-7-9(5-18-20)13(14,15)16/h4-5,7,17H,6,8H2,1-3H3. The molecule has 1 N–H and O–H groups in total. The van der Waals surface area contributed by atoms with Crippen LogP contribution in [0.25, 0.3) is 0 Å². The van der Waals surface area contributed by atoms with E-state index in [9.17, 15) is 13.2 Å². The minimum absolute atomic E-state index is 0.0529. The van der Waals surface area contributed by atoms with Gasteiger partial charge in [0.2, 0.25) is 0 Å². The van der Waals surface area contributed by atoms with Crippen molar-refractivity contribution in [2.75, 3.05) is 0 Å². The van der Waals surface area contributed by atoms with Crippen LogP contribution in [0.15, 0.2) is 23.0 Å². The van der Waals surface area contributed by atoms with Crippen LogP contribution in [0.5, 0.6) is 0 Å². The maximum atomic E-state index is 12.5. The van der Waals surface area contributed by atoms with Gasteiger partial charge in [-0.3, -0.25) is 4.68 Å². The third-order valence-electron chi connectivity index (χ3n) is 2.69. The Morgan fingerprint density at radius 1 is 1.29 bits per heavy atom. The van der Waals surface area contributed by atoms with Gasteiger partial charge in [0.15, 0.2) is 5.76 Å². The second-order valence-electron chi connectivity index (χ2n) is 5.81. The van der Waals surface area contributed by atoms with E-state index in [-0.39, 0.29) is 12.1 Å². The predicted octanol–water partition coefficient (Wildman–Crippen LogP) is 2.83. The smallest absolute Gasteiger partial charge is 0.359 e. The van der Waals surface area contributed by atoms with E-state index in [1.165, 1.54) is 4.68 Å². The van der Waals surface area contributed by atoms with Gasteiger partial charge in [-0.1, -0.05) is 5.16 Å². The van der Waals surface area contributed by atoms with Crippen molar-refractivity contribution in [2.45, 2.75) is 45.6 Å². The SMILES string of the molecule is CC(C)(C)NCc1cc(Cn2cc(C(F)(F)F)cn2)on1. The van der Waals surface area contributed by atoms with Gasteiger partial charge >= 0.3 is 6.18 Å². The van der Waals surface area contributed by atoms with Crippen molar-refractivity contribution in [1.82, 2.24) is 20.3 Å². The number of halogens is 3. The summed E-state index contributed by atoms with van der Waals surface area (Å²) in [7, 11) is 0. The van der Waals surface area contributed by atoms with Crippen molar-refractivity contribution >= 4 is 0 Å². The van der Waals surface area contributed by atoms with Crippen LogP contribution in [-0.2, 0) is 19.3 Å². The average Bonchev–Trinajstić information content (AvgIpc) is 2.94. The lowest BCUT2D eigenvalue weighted by Crippen LogP contribution is -2.35. The zero-order chi connectivity index (χ0) is 15.7. The predicted molar refractivity (Wildman–Crippen MR) is 69.4 cm³/mol. The second kappa shape index (κ2) is 5.51. The Bertz CT molecular complexity index is 595. The van der Waals surface area contributed by atoms with Crippen molar-refractivity contribution < 1.29 is 17.7 Å². The van der Waals surface area contributed by atoms with Gasteiger partial charge in [-0.05, 0) is 20.8 Å². The van der Waals surface area contributed by atoms with Crippen molar-refractivity contribution in [1.29, 1.82) is 0 Å². The molecule has 0 radical (unpaired) electrons. The van der Waals surface area contributed by atoms with E-state index >= 15 is 0 Å². The zero-order valence-corrected chi connectivity index (χ0v) is 12.0. The van der Waals surface area contributed by atoms with Gasteiger partial charge < -0.3 is 9.84 Å². The molecule has 0 unspecified atom stereocenters. The van der Waals surface area contributed by atoms with Gasteiger partial charge in [-0.2, -0.15) is 18.3 Å². The Balaban J connectivity index is 1.98. The number of nitrogens with one attached hydrogen (secondary N) is 1. The average molecular weight is 302 g/mol. The van der Waals surface area contributed by atoms with E-state index in [1.807, 2.05) is 20.8 Å². The lowest BCUT2D eigenvalue weighted by Gasteiger charge is -2.19.